The molecule has 0 atom stereocenters. The maximum atomic E-state index is 2.22. The van der Waals surface area contributed by atoms with E-state index in [1.54, 1.807) is 0 Å². The van der Waals surface area contributed by atoms with Crippen LogP contribution in [-0.2, 0) is 0 Å². The van der Waals surface area contributed by atoms with Crippen LogP contribution in [0.4, 0.5) is 0 Å². The van der Waals surface area contributed by atoms with E-state index in [9.17, 15) is 0 Å². The molecule has 0 N–H and O–H groups in total. The lowest BCUT2D eigenvalue weighted by Gasteiger charge is -2.14. The van der Waals surface area contributed by atoms with E-state index in [0.29, 0.717) is 9.49 Å². The average molecular weight is 230 g/mol. The Morgan fingerprint density at radius 1 is 0.643 bits per heavy atom. The van der Waals surface area contributed by atoms with Crippen molar-refractivity contribution in [1.82, 2.24) is 0 Å². The van der Waals surface area contributed by atoms with E-state index in [0.717, 1.165) is 0 Å². The number of hydrogen-bond acceptors (Lipinski definition) is 2. The van der Waals surface area contributed by atoms with Gasteiger partial charge < -0.3 is 0 Å². The molecule has 0 aliphatic heterocycles. The first-order valence-electron chi connectivity index (χ1n) is 4.88. The maximum absolute atomic E-state index is 2.22. The minimum Gasteiger partial charge on any atom is -0.128 e. The highest BCUT2D eigenvalue weighted by molar-refractivity contribution is 8.03. The van der Waals surface area contributed by atoms with Gasteiger partial charge in [0.1, 0.15) is 0 Å². The van der Waals surface area contributed by atoms with Gasteiger partial charge in [-0.2, -0.15) is 0 Å². The average Bonchev–Trinajstić information content (AvgIpc) is 1.92. The molecule has 0 aliphatic carbocycles. The molecule has 82 valence electrons. The van der Waals surface area contributed by atoms with Crippen molar-refractivity contribution in [2.75, 3.05) is 0 Å². The van der Waals surface area contributed by atoms with Gasteiger partial charge in [-0.15, -0.1) is 23.5 Å². The molecular weight excluding hydrogens is 208 g/mol. The summed E-state index contributed by atoms with van der Waals surface area (Å²) in [4.78, 5) is 0. The van der Waals surface area contributed by atoms with E-state index in [4.69, 9.17) is 0 Å². The van der Waals surface area contributed by atoms with Crippen LogP contribution in [0.3, 0.4) is 0 Å². The summed E-state index contributed by atoms with van der Waals surface area (Å²) >= 11 is 3.70. The molecule has 0 spiro atoms. The fourth-order valence-corrected chi connectivity index (χ4v) is 1.73. The van der Waals surface area contributed by atoms with Crippen LogP contribution in [0.5, 0.6) is 0 Å². The summed E-state index contributed by atoms with van der Waals surface area (Å²) in [6.45, 7) is 13.3. The molecule has 0 nitrogen and oxygen atoms in total. The molecule has 0 aromatic rings. The Hall–Kier alpha value is 0.180. The number of thioether (sulfide) groups is 2. The molecule has 0 radical (unpaired) electrons. The van der Waals surface area contributed by atoms with Gasteiger partial charge in [0.25, 0.3) is 0 Å². The summed E-state index contributed by atoms with van der Waals surface area (Å²) in [6, 6.07) is 0. The molecule has 0 fully saturated rings. The summed E-state index contributed by atoms with van der Waals surface area (Å²) < 4.78 is 0.642. The van der Waals surface area contributed by atoms with Gasteiger partial charge in [-0.05, 0) is 10.8 Å². The van der Waals surface area contributed by atoms with E-state index >= 15 is 0 Å². The fourth-order valence-electron chi connectivity index (χ4n) is 0.578. The third kappa shape index (κ3) is 12.2. The van der Waals surface area contributed by atoms with Crippen molar-refractivity contribution in [3.05, 3.63) is 23.0 Å². The lowest BCUT2D eigenvalue weighted by Crippen LogP contribution is -2.04. The monoisotopic (exact) mass is 230 g/mol. The van der Waals surface area contributed by atoms with Gasteiger partial charge in [0, 0.05) is 9.49 Å². The highest BCUT2D eigenvalue weighted by Crippen LogP contribution is 2.25. The zero-order valence-electron chi connectivity index (χ0n) is 10.1. The number of rotatable bonds is 3. The molecule has 14 heavy (non-hydrogen) atoms. The summed E-state index contributed by atoms with van der Waals surface area (Å²) in [5.74, 6) is 0. The third-order valence-electron chi connectivity index (χ3n) is 1.11. The van der Waals surface area contributed by atoms with Crippen LogP contribution in [0.15, 0.2) is 23.0 Å². The molecule has 2 heteroatoms. The number of allylic oxidation sites excluding steroid dienone is 2. The van der Waals surface area contributed by atoms with Gasteiger partial charge in [-0.1, -0.05) is 53.7 Å². The minimum atomic E-state index is 0.321. The number of hydrogen-bond donors (Lipinski definition) is 0. The van der Waals surface area contributed by atoms with Crippen LogP contribution in [0.25, 0.3) is 0 Å². The second-order valence-electron chi connectivity index (χ2n) is 5.12. The maximum Gasteiger partial charge on any atom is 0.0116 e. The SMILES string of the molecule is CC(C)(C)S/C=C\C=C/SC(C)(C)C. The Morgan fingerprint density at radius 2 is 0.929 bits per heavy atom. The smallest absolute Gasteiger partial charge is 0.0116 e. The van der Waals surface area contributed by atoms with Crippen LogP contribution in [0, 0.1) is 0 Å². The Balaban J connectivity index is 3.73. The lowest BCUT2D eigenvalue weighted by atomic mass is 10.3. The van der Waals surface area contributed by atoms with Crippen LogP contribution < -0.4 is 0 Å². The first kappa shape index (κ1) is 14.2. The third-order valence-corrected chi connectivity index (χ3v) is 3.11. The normalized spacial score (nSPS) is 14.4. The molecule has 0 aromatic carbocycles. The molecule has 0 aliphatic rings. The topological polar surface area (TPSA) is 0 Å². The molecular formula is C12H22S2. The summed E-state index contributed by atoms with van der Waals surface area (Å²) in [5, 5.41) is 4.30. The lowest BCUT2D eigenvalue weighted by molar-refractivity contribution is 0.807. The predicted octanol–water partition coefficient (Wildman–Crippen LogP) is 5.08. The van der Waals surface area contributed by atoms with E-state index < -0.39 is 0 Å². The van der Waals surface area contributed by atoms with E-state index in [1.807, 2.05) is 23.5 Å². The standard InChI is InChI=1S/C12H22S2/c1-11(2,3)13-9-7-8-10-14-12(4,5)6/h7-10H,1-6H3/b9-7-,10-8-. The molecule has 0 saturated carbocycles. The minimum absolute atomic E-state index is 0.321. The van der Waals surface area contributed by atoms with Crippen LogP contribution in [0.1, 0.15) is 41.5 Å². The largest absolute Gasteiger partial charge is 0.128 e. The van der Waals surface area contributed by atoms with Crippen LogP contribution in [-0.4, -0.2) is 9.49 Å². The van der Waals surface area contributed by atoms with Crippen molar-refractivity contribution in [2.24, 2.45) is 0 Å². The van der Waals surface area contributed by atoms with Gasteiger partial charge in [0.2, 0.25) is 0 Å². The van der Waals surface area contributed by atoms with Crippen molar-refractivity contribution < 1.29 is 0 Å². The van der Waals surface area contributed by atoms with Crippen molar-refractivity contribution in [3.8, 4) is 0 Å². The van der Waals surface area contributed by atoms with Crippen molar-refractivity contribution in [1.29, 1.82) is 0 Å². The molecule has 0 rings (SSSR count). The van der Waals surface area contributed by atoms with E-state index in [-0.39, 0.29) is 0 Å². The predicted molar refractivity (Wildman–Crippen MR) is 73.0 cm³/mol. The Labute approximate surface area is 97.6 Å². The second-order valence-corrected chi connectivity index (χ2v) is 8.58. The molecule has 0 bridgehead atoms. The van der Waals surface area contributed by atoms with Crippen molar-refractivity contribution in [3.63, 3.8) is 0 Å². The van der Waals surface area contributed by atoms with Gasteiger partial charge in [0.05, 0.1) is 0 Å². The Kier molecular flexibility index (Phi) is 5.99. The molecule has 0 amide bonds. The van der Waals surface area contributed by atoms with Gasteiger partial charge >= 0.3 is 0 Å². The first-order valence-corrected chi connectivity index (χ1v) is 6.64. The molecule has 0 heterocycles. The van der Waals surface area contributed by atoms with Crippen LogP contribution >= 0.6 is 23.5 Å². The van der Waals surface area contributed by atoms with Gasteiger partial charge in [0.15, 0.2) is 0 Å². The molecule has 0 aromatic heterocycles. The molecule has 0 saturated heterocycles. The second kappa shape index (κ2) is 5.92. The zero-order chi connectivity index (χ0) is 11.2. The van der Waals surface area contributed by atoms with Crippen LogP contribution in [0.2, 0.25) is 0 Å². The Bertz CT molecular complexity index is 177. The van der Waals surface area contributed by atoms with E-state index in [1.165, 1.54) is 0 Å². The highest BCUT2D eigenvalue weighted by atomic mass is 32.2. The zero-order valence-corrected chi connectivity index (χ0v) is 11.8. The summed E-state index contributed by atoms with van der Waals surface area (Å²) in [6.07, 6.45) is 4.21. The molecule has 0 unspecified atom stereocenters. The summed E-state index contributed by atoms with van der Waals surface area (Å²) in [7, 11) is 0. The Morgan fingerprint density at radius 3 is 1.14 bits per heavy atom. The van der Waals surface area contributed by atoms with Crippen molar-refractivity contribution >= 4 is 23.5 Å². The highest BCUT2D eigenvalue weighted by Gasteiger charge is 2.07. The van der Waals surface area contributed by atoms with E-state index in [2.05, 4.69) is 64.5 Å². The van der Waals surface area contributed by atoms with Crippen molar-refractivity contribution in [2.45, 2.75) is 51.0 Å². The fraction of sp³-hybridized carbons (Fsp3) is 0.667. The quantitative estimate of drug-likeness (QED) is 0.620. The van der Waals surface area contributed by atoms with Gasteiger partial charge in [-0.3, -0.25) is 0 Å². The summed E-state index contributed by atoms with van der Waals surface area (Å²) in [5.41, 5.74) is 0. The van der Waals surface area contributed by atoms with Gasteiger partial charge in [-0.25, -0.2) is 0 Å². The first-order chi connectivity index (χ1) is 6.21.